The minimum Gasteiger partial charge on any atom is -0.103 e. The van der Waals surface area contributed by atoms with Crippen molar-refractivity contribution in [2.75, 3.05) is 0 Å². The van der Waals surface area contributed by atoms with Gasteiger partial charge in [0.25, 0.3) is 0 Å². The van der Waals surface area contributed by atoms with Crippen LogP contribution in [0.2, 0.25) is 0 Å². The molecule has 0 unspecified atom stereocenters. The van der Waals surface area contributed by atoms with E-state index in [0.29, 0.717) is 0 Å². The number of aryl methyl sites for hydroxylation is 1. The average molecular weight is 261 g/mol. The van der Waals surface area contributed by atoms with E-state index in [1.165, 1.54) is 20.8 Å². The third-order valence-corrected chi connectivity index (χ3v) is 3.50. The van der Waals surface area contributed by atoms with Crippen LogP contribution in [-0.2, 0) is 6.42 Å². The van der Waals surface area contributed by atoms with Crippen molar-refractivity contribution < 1.29 is 0 Å². The van der Waals surface area contributed by atoms with E-state index in [4.69, 9.17) is 0 Å². The van der Waals surface area contributed by atoms with Gasteiger partial charge in [-0.15, -0.1) is 6.58 Å². The minimum absolute atomic E-state index is 1.02. The van der Waals surface area contributed by atoms with Crippen LogP contribution in [0.1, 0.15) is 12.0 Å². The lowest BCUT2D eigenvalue weighted by molar-refractivity contribution is 1.00. The fraction of sp³-hybridized carbons (Fsp3) is 0.143. The monoisotopic (exact) mass is 260 g/mol. The van der Waals surface area contributed by atoms with Crippen LogP contribution in [0.3, 0.4) is 0 Å². The molecule has 0 N–H and O–H groups in total. The second-order valence-corrected chi connectivity index (χ2v) is 4.38. The van der Waals surface area contributed by atoms with Crippen molar-refractivity contribution >= 4 is 26.7 Å². The molecule has 0 spiro atoms. The quantitative estimate of drug-likeness (QED) is 0.701. The number of benzene rings is 2. The summed E-state index contributed by atoms with van der Waals surface area (Å²) in [5.74, 6) is 0. The van der Waals surface area contributed by atoms with E-state index >= 15 is 0 Å². The highest BCUT2D eigenvalue weighted by Gasteiger charge is 2.03. The van der Waals surface area contributed by atoms with Crippen molar-refractivity contribution in [3.8, 4) is 0 Å². The zero-order valence-electron chi connectivity index (χ0n) is 8.54. The Kier molecular flexibility index (Phi) is 3.22. The Morgan fingerprint density at radius 3 is 2.73 bits per heavy atom. The molecule has 1 heteroatoms. The van der Waals surface area contributed by atoms with E-state index in [-0.39, 0.29) is 0 Å². The number of fused-ring (bicyclic) bond motifs is 1. The van der Waals surface area contributed by atoms with E-state index in [2.05, 4.69) is 58.9 Å². The molecule has 0 radical (unpaired) electrons. The first-order chi connectivity index (χ1) is 7.33. The molecule has 0 amide bonds. The standard InChI is InChI=1S/C14H13Br/c1-2-3-6-12-10-9-11-7-4-5-8-13(11)14(12)15/h2,4-5,7-10H,1,3,6H2. The third kappa shape index (κ3) is 2.13. The maximum Gasteiger partial charge on any atom is 0.0285 e. The Bertz CT molecular complexity index is 486. The largest absolute Gasteiger partial charge is 0.103 e. The van der Waals surface area contributed by atoms with Gasteiger partial charge in [0.1, 0.15) is 0 Å². The summed E-state index contributed by atoms with van der Waals surface area (Å²) in [5.41, 5.74) is 1.36. The molecule has 2 rings (SSSR count). The minimum atomic E-state index is 1.02. The average Bonchev–Trinajstić information content (AvgIpc) is 2.29. The first kappa shape index (κ1) is 10.4. The van der Waals surface area contributed by atoms with Gasteiger partial charge in [0.15, 0.2) is 0 Å². The lowest BCUT2D eigenvalue weighted by Crippen LogP contribution is -1.86. The van der Waals surface area contributed by atoms with Crippen molar-refractivity contribution in [1.82, 2.24) is 0 Å². The summed E-state index contributed by atoms with van der Waals surface area (Å²) in [7, 11) is 0. The zero-order chi connectivity index (χ0) is 10.7. The third-order valence-electron chi connectivity index (χ3n) is 2.56. The van der Waals surface area contributed by atoms with Gasteiger partial charge in [-0.3, -0.25) is 0 Å². The van der Waals surface area contributed by atoms with Gasteiger partial charge < -0.3 is 0 Å². The molecule has 0 bridgehead atoms. The maximum absolute atomic E-state index is 3.75. The smallest absolute Gasteiger partial charge is 0.0285 e. The van der Waals surface area contributed by atoms with Gasteiger partial charge >= 0.3 is 0 Å². The Hall–Kier alpha value is -1.08. The van der Waals surface area contributed by atoms with Crippen molar-refractivity contribution in [1.29, 1.82) is 0 Å². The predicted octanol–water partition coefficient (Wildman–Crippen LogP) is 4.72. The van der Waals surface area contributed by atoms with Gasteiger partial charge in [-0.1, -0.05) is 42.5 Å². The van der Waals surface area contributed by atoms with Gasteiger partial charge in [-0.25, -0.2) is 0 Å². The molecule has 0 atom stereocenters. The molecule has 2 aromatic carbocycles. The fourth-order valence-corrected chi connectivity index (χ4v) is 2.42. The Balaban J connectivity index is 2.50. The highest BCUT2D eigenvalue weighted by atomic mass is 79.9. The molecule has 76 valence electrons. The van der Waals surface area contributed by atoms with Crippen LogP contribution in [0, 0.1) is 0 Å². The highest BCUT2D eigenvalue weighted by Crippen LogP contribution is 2.28. The Morgan fingerprint density at radius 1 is 1.13 bits per heavy atom. The molecule has 0 saturated heterocycles. The molecule has 0 nitrogen and oxygen atoms in total. The summed E-state index contributed by atoms with van der Waals surface area (Å²) in [6.07, 6.45) is 4.04. The van der Waals surface area contributed by atoms with Gasteiger partial charge in [0, 0.05) is 4.47 Å². The predicted molar refractivity (Wildman–Crippen MR) is 70.2 cm³/mol. The van der Waals surface area contributed by atoms with Gasteiger partial charge in [0.2, 0.25) is 0 Å². The molecule has 2 aromatic rings. The molecular formula is C14H13Br. The van der Waals surface area contributed by atoms with Gasteiger partial charge in [-0.05, 0) is 45.1 Å². The second kappa shape index (κ2) is 4.63. The van der Waals surface area contributed by atoms with E-state index < -0.39 is 0 Å². The number of halogens is 1. The molecule has 0 aliphatic carbocycles. The van der Waals surface area contributed by atoms with Crippen LogP contribution in [-0.4, -0.2) is 0 Å². The lowest BCUT2D eigenvalue weighted by Gasteiger charge is -2.06. The second-order valence-electron chi connectivity index (χ2n) is 3.59. The van der Waals surface area contributed by atoms with Gasteiger partial charge in [-0.2, -0.15) is 0 Å². The summed E-state index contributed by atoms with van der Waals surface area (Å²) in [4.78, 5) is 0. The van der Waals surface area contributed by atoms with Crippen molar-refractivity contribution in [2.45, 2.75) is 12.8 Å². The zero-order valence-corrected chi connectivity index (χ0v) is 10.1. The molecule has 15 heavy (non-hydrogen) atoms. The molecule has 0 aromatic heterocycles. The van der Waals surface area contributed by atoms with Crippen molar-refractivity contribution in [2.24, 2.45) is 0 Å². The molecule has 0 saturated carbocycles. The summed E-state index contributed by atoms with van der Waals surface area (Å²) in [6.45, 7) is 3.75. The molecule has 0 heterocycles. The summed E-state index contributed by atoms with van der Waals surface area (Å²) >= 11 is 3.68. The van der Waals surface area contributed by atoms with Crippen molar-refractivity contribution in [3.05, 3.63) is 59.1 Å². The highest BCUT2D eigenvalue weighted by molar-refractivity contribution is 9.10. The van der Waals surface area contributed by atoms with Crippen LogP contribution >= 0.6 is 15.9 Å². The Labute approximate surface area is 98.8 Å². The van der Waals surface area contributed by atoms with E-state index in [9.17, 15) is 0 Å². The number of rotatable bonds is 3. The topological polar surface area (TPSA) is 0 Å². The molecule has 0 fully saturated rings. The lowest BCUT2D eigenvalue weighted by atomic mass is 10.0. The number of allylic oxidation sites excluding steroid dienone is 1. The fourth-order valence-electron chi connectivity index (χ4n) is 1.73. The first-order valence-electron chi connectivity index (χ1n) is 5.10. The summed E-state index contributed by atoms with van der Waals surface area (Å²) in [6, 6.07) is 12.8. The summed E-state index contributed by atoms with van der Waals surface area (Å²) in [5, 5.41) is 2.57. The van der Waals surface area contributed by atoms with Crippen molar-refractivity contribution in [3.63, 3.8) is 0 Å². The van der Waals surface area contributed by atoms with E-state index in [1.54, 1.807) is 0 Å². The van der Waals surface area contributed by atoms with Crippen LogP contribution in [0.5, 0.6) is 0 Å². The first-order valence-corrected chi connectivity index (χ1v) is 5.89. The normalized spacial score (nSPS) is 10.5. The van der Waals surface area contributed by atoms with Crippen LogP contribution < -0.4 is 0 Å². The van der Waals surface area contributed by atoms with E-state index in [0.717, 1.165) is 12.8 Å². The van der Waals surface area contributed by atoms with Crippen LogP contribution in [0.4, 0.5) is 0 Å². The molecule has 0 aliphatic heterocycles. The maximum atomic E-state index is 3.75. The SMILES string of the molecule is C=CCCc1ccc2ccccc2c1Br. The van der Waals surface area contributed by atoms with E-state index in [1.807, 2.05) is 6.08 Å². The van der Waals surface area contributed by atoms with Gasteiger partial charge in [0.05, 0.1) is 0 Å². The number of hydrogen-bond acceptors (Lipinski definition) is 0. The summed E-state index contributed by atoms with van der Waals surface area (Å²) < 4.78 is 1.22. The molecule has 0 aliphatic rings. The number of hydrogen-bond donors (Lipinski definition) is 0. The molecular weight excluding hydrogens is 248 g/mol. The van der Waals surface area contributed by atoms with Crippen LogP contribution in [0.25, 0.3) is 10.8 Å². The van der Waals surface area contributed by atoms with Crippen LogP contribution in [0.15, 0.2) is 53.5 Å². The Morgan fingerprint density at radius 2 is 1.93 bits per heavy atom.